The van der Waals surface area contributed by atoms with Crippen molar-refractivity contribution in [3.63, 3.8) is 0 Å². The predicted molar refractivity (Wildman–Crippen MR) is 65.2 cm³/mol. The van der Waals surface area contributed by atoms with Crippen LogP contribution >= 0.6 is 0 Å². The first kappa shape index (κ1) is 10.7. The minimum absolute atomic E-state index is 0.617. The number of rotatable bonds is 4. The number of fused-ring (bicyclic) bond motifs is 1. The van der Waals surface area contributed by atoms with Gasteiger partial charge in [-0.25, -0.2) is 0 Å². The van der Waals surface area contributed by atoms with Crippen molar-refractivity contribution in [1.29, 1.82) is 0 Å². The highest BCUT2D eigenvalue weighted by Crippen LogP contribution is 2.31. The van der Waals surface area contributed by atoms with Crippen molar-refractivity contribution in [2.24, 2.45) is 0 Å². The first-order chi connectivity index (χ1) is 7.31. The van der Waals surface area contributed by atoms with Crippen molar-refractivity contribution in [1.82, 2.24) is 5.32 Å². The summed E-state index contributed by atoms with van der Waals surface area (Å²) in [6.07, 6.45) is 5.10. The van der Waals surface area contributed by atoms with Crippen molar-refractivity contribution in [3.8, 4) is 0 Å². The molecule has 0 unspecified atom stereocenters. The van der Waals surface area contributed by atoms with Crippen LogP contribution in [-0.2, 0) is 6.42 Å². The molecule has 0 bridgehead atoms. The molecule has 0 saturated carbocycles. The largest absolute Gasteiger partial charge is 0.310 e. The Morgan fingerprint density at radius 1 is 1.40 bits per heavy atom. The van der Waals surface area contributed by atoms with Gasteiger partial charge in [0, 0.05) is 6.04 Å². The second-order valence-corrected chi connectivity index (χ2v) is 4.60. The van der Waals surface area contributed by atoms with Crippen molar-refractivity contribution in [2.45, 2.75) is 45.6 Å². The molecule has 1 aromatic carbocycles. The molecule has 1 nitrogen and oxygen atoms in total. The first-order valence-electron chi connectivity index (χ1n) is 6.14. The van der Waals surface area contributed by atoms with Crippen molar-refractivity contribution in [2.75, 3.05) is 6.54 Å². The smallest absolute Gasteiger partial charge is 0.0326 e. The highest BCUT2D eigenvalue weighted by Gasteiger charge is 2.21. The second-order valence-electron chi connectivity index (χ2n) is 4.60. The average Bonchev–Trinajstić information content (AvgIpc) is 2.62. The fraction of sp³-hybridized carbons (Fsp3) is 0.571. The van der Waals surface area contributed by atoms with Crippen LogP contribution < -0.4 is 5.32 Å². The maximum atomic E-state index is 3.67. The van der Waals surface area contributed by atoms with Gasteiger partial charge in [-0.3, -0.25) is 0 Å². The monoisotopic (exact) mass is 203 g/mol. The summed E-state index contributed by atoms with van der Waals surface area (Å²) in [4.78, 5) is 0. The lowest BCUT2D eigenvalue weighted by Crippen LogP contribution is -2.20. The van der Waals surface area contributed by atoms with Crippen LogP contribution in [0.4, 0.5) is 0 Å². The van der Waals surface area contributed by atoms with Crippen molar-refractivity contribution >= 4 is 0 Å². The van der Waals surface area contributed by atoms with Gasteiger partial charge in [0.25, 0.3) is 0 Å². The quantitative estimate of drug-likeness (QED) is 0.740. The van der Waals surface area contributed by atoms with Gasteiger partial charge in [0.15, 0.2) is 0 Å². The van der Waals surface area contributed by atoms with Crippen LogP contribution in [0.1, 0.15) is 48.9 Å². The molecule has 2 rings (SSSR count). The van der Waals surface area contributed by atoms with E-state index >= 15 is 0 Å². The summed E-state index contributed by atoms with van der Waals surface area (Å²) < 4.78 is 0. The Balaban J connectivity index is 2.03. The molecular formula is C14H21N. The average molecular weight is 203 g/mol. The van der Waals surface area contributed by atoms with Gasteiger partial charge in [0.05, 0.1) is 0 Å². The van der Waals surface area contributed by atoms with Gasteiger partial charge in [0.2, 0.25) is 0 Å². The van der Waals surface area contributed by atoms with E-state index in [2.05, 4.69) is 37.4 Å². The fourth-order valence-corrected chi connectivity index (χ4v) is 2.39. The molecule has 0 saturated heterocycles. The minimum atomic E-state index is 0.617. The highest BCUT2D eigenvalue weighted by atomic mass is 14.9. The Bertz CT molecular complexity index is 330. The molecule has 1 atom stereocenters. The third kappa shape index (κ3) is 2.40. The Hall–Kier alpha value is -0.820. The summed E-state index contributed by atoms with van der Waals surface area (Å²) in [5.41, 5.74) is 4.48. The standard InChI is InChI=1S/C14H21N/c1-3-4-9-15-14-8-7-12-6-5-11(2)10-13(12)14/h5-6,10,14-15H,3-4,7-9H2,1-2H3/t14-/m1/s1. The second kappa shape index (κ2) is 4.80. The van der Waals surface area contributed by atoms with Gasteiger partial charge in [-0.15, -0.1) is 0 Å². The van der Waals surface area contributed by atoms with Gasteiger partial charge in [-0.05, 0) is 43.9 Å². The molecular weight excluding hydrogens is 182 g/mol. The maximum Gasteiger partial charge on any atom is 0.0326 e. The highest BCUT2D eigenvalue weighted by molar-refractivity contribution is 5.37. The Kier molecular flexibility index (Phi) is 3.42. The van der Waals surface area contributed by atoms with Crippen LogP contribution in [0, 0.1) is 6.92 Å². The Morgan fingerprint density at radius 2 is 2.27 bits per heavy atom. The van der Waals surface area contributed by atoms with Gasteiger partial charge >= 0.3 is 0 Å². The molecule has 15 heavy (non-hydrogen) atoms. The lowest BCUT2D eigenvalue weighted by atomic mass is 10.1. The van der Waals surface area contributed by atoms with Gasteiger partial charge < -0.3 is 5.32 Å². The molecule has 0 radical (unpaired) electrons. The number of benzene rings is 1. The van der Waals surface area contributed by atoms with Crippen molar-refractivity contribution < 1.29 is 0 Å². The number of hydrogen-bond donors (Lipinski definition) is 1. The van der Waals surface area contributed by atoms with E-state index < -0.39 is 0 Å². The van der Waals surface area contributed by atoms with Gasteiger partial charge in [0.1, 0.15) is 0 Å². The molecule has 0 spiro atoms. The molecule has 82 valence electrons. The fourth-order valence-electron chi connectivity index (χ4n) is 2.39. The molecule has 1 aromatic rings. The molecule has 1 heteroatoms. The van der Waals surface area contributed by atoms with Gasteiger partial charge in [-0.2, -0.15) is 0 Å². The number of unbranched alkanes of at least 4 members (excludes halogenated alkanes) is 1. The summed E-state index contributed by atoms with van der Waals surface area (Å²) in [6, 6.07) is 7.50. The van der Waals surface area contributed by atoms with E-state index in [0.717, 1.165) is 6.54 Å². The third-order valence-corrected chi connectivity index (χ3v) is 3.30. The molecule has 0 fully saturated rings. The van der Waals surface area contributed by atoms with E-state index in [-0.39, 0.29) is 0 Å². The predicted octanol–water partition coefficient (Wildman–Crippen LogP) is 3.37. The number of hydrogen-bond acceptors (Lipinski definition) is 1. The first-order valence-corrected chi connectivity index (χ1v) is 6.14. The van der Waals surface area contributed by atoms with Crippen LogP contribution in [0.2, 0.25) is 0 Å². The van der Waals surface area contributed by atoms with E-state index in [1.54, 1.807) is 11.1 Å². The lowest BCUT2D eigenvalue weighted by molar-refractivity contribution is 0.518. The summed E-state index contributed by atoms with van der Waals surface area (Å²) in [5, 5.41) is 3.67. The zero-order chi connectivity index (χ0) is 10.7. The van der Waals surface area contributed by atoms with Crippen LogP contribution in [0.25, 0.3) is 0 Å². The normalized spacial score (nSPS) is 19.2. The Labute approximate surface area is 92.9 Å². The minimum Gasteiger partial charge on any atom is -0.310 e. The summed E-state index contributed by atoms with van der Waals surface area (Å²) in [7, 11) is 0. The number of aryl methyl sites for hydroxylation is 2. The van der Waals surface area contributed by atoms with Crippen molar-refractivity contribution in [3.05, 3.63) is 34.9 Å². The SMILES string of the molecule is CCCCN[C@@H]1CCc2ccc(C)cc21. The zero-order valence-corrected chi connectivity index (χ0v) is 9.84. The topological polar surface area (TPSA) is 12.0 Å². The van der Waals surface area contributed by atoms with Crippen LogP contribution in [0.3, 0.4) is 0 Å². The lowest BCUT2D eigenvalue weighted by Gasteiger charge is -2.14. The van der Waals surface area contributed by atoms with E-state index in [4.69, 9.17) is 0 Å². The molecule has 0 aromatic heterocycles. The van der Waals surface area contributed by atoms with E-state index in [0.29, 0.717) is 6.04 Å². The molecule has 1 N–H and O–H groups in total. The molecule has 0 aliphatic heterocycles. The summed E-state index contributed by atoms with van der Waals surface area (Å²) in [5.74, 6) is 0. The molecule has 0 amide bonds. The summed E-state index contributed by atoms with van der Waals surface area (Å²) >= 11 is 0. The van der Waals surface area contributed by atoms with Crippen LogP contribution in [0.15, 0.2) is 18.2 Å². The Morgan fingerprint density at radius 3 is 3.07 bits per heavy atom. The maximum absolute atomic E-state index is 3.67. The van der Waals surface area contributed by atoms with E-state index in [1.165, 1.54) is 31.2 Å². The zero-order valence-electron chi connectivity index (χ0n) is 9.84. The summed E-state index contributed by atoms with van der Waals surface area (Å²) in [6.45, 7) is 5.59. The van der Waals surface area contributed by atoms with Crippen LogP contribution in [0.5, 0.6) is 0 Å². The number of nitrogens with one attached hydrogen (secondary N) is 1. The molecule has 1 aliphatic carbocycles. The van der Waals surface area contributed by atoms with Gasteiger partial charge in [-0.1, -0.05) is 37.1 Å². The molecule has 1 aliphatic rings. The van der Waals surface area contributed by atoms with E-state index in [9.17, 15) is 0 Å². The van der Waals surface area contributed by atoms with Crippen LogP contribution in [-0.4, -0.2) is 6.54 Å². The van der Waals surface area contributed by atoms with E-state index in [1.807, 2.05) is 0 Å². The third-order valence-electron chi connectivity index (χ3n) is 3.30. The molecule has 0 heterocycles.